The van der Waals surface area contributed by atoms with Crippen LogP contribution in [0.3, 0.4) is 0 Å². The van der Waals surface area contributed by atoms with E-state index in [2.05, 4.69) is 26.6 Å². The summed E-state index contributed by atoms with van der Waals surface area (Å²) >= 11 is 8.71. The average Bonchev–Trinajstić information content (AvgIpc) is 2.53. The normalized spacial score (nSPS) is 17.0. The predicted octanol–water partition coefficient (Wildman–Crippen LogP) is 2.82. The number of ether oxygens (including phenoxy) is 3. The second-order valence-corrected chi connectivity index (χ2v) is 6.28. The molecule has 1 aliphatic rings. The lowest BCUT2D eigenvalue weighted by atomic mass is 9.94. The lowest BCUT2D eigenvalue weighted by molar-refractivity contribution is -0.139. The Morgan fingerprint density at radius 2 is 1.96 bits per heavy atom. The second-order valence-electron chi connectivity index (χ2n) is 5.02. The van der Waals surface area contributed by atoms with E-state index in [0.29, 0.717) is 27.9 Å². The number of carbonyl (C=O) groups excluding carboxylic acids is 1. The highest BCUT2D eigenvalue weighted by Crippen LogP contribution is 2.39. The van der Waals surface area contributed by atoms with Crippen molar-refractivity contribution in [1.29, 1.82) is 0 Å². The van der Waals surface area contributed by atoms with Crippen LogP contribution in [-0.4, -0.2) is 31.9 Å². The van der Waals surface area contributed by atoms with Crippen LogP contribution in [0.5, 0.6) is 11.5 Å². The summed E-state index contributed by atoms with van der Waals surface area (Å²) in [6.45, 7) is 3.84. The van der Waals surface area contributed by atoms with Gasteiger partial charge in [-0.15, -0.1) is 0 Å². The summed E-state index contributed by atoms with van der Waals surface area (Å²) in [6, 6.07) is 3.11. The van der Waals surface area contributed by atoms with Crippen LogP contribution in [0.1, 0.15) is 25.5 Å². The van der Waals surface area contributed by atoms with Crippen molar-refractivity contribution in [3.63, 3.8) is 0 Å². The summed E-state index contributed by atoms with van der Waals surface area (Å²) in [6.07, 6.45) is 0. The van der Waals surface area contributed by atoms with Gasteiger partial charge in [0.2, 0.25) is 0 Å². The molecule has 2 rings (SSSR count). The Labute approximate surface area is 154 Å². The smallest absolute Gasteiger partial charge is 0.338 e. The highest BCUT2D eigenvalue weighted by Gasteiger charge is 2.33. The van der Waals surface area contributed by atoms with Gasteiger partial charge >= 0.3 is 5.97 Å². The van der Waals surface area contributed by atoms with Crippen LogP contribution < -0.4 is 20.1 Å². The van der Waals surface area contributed by atoms with Crippen LogP contribution in [-0.2, 0) is 9.53 Å². The van der Waals surface area contributed by atoms with Crippen LogP contribution in [0, 0.1) is 0 Å². The SMILES string of the molecule is CCOC(=O)C1=C(C)NC(=S)N[C@@H]1c1cc(Br)c(OC)cc1OC. The summed E-state index contributed by atoms with van der Waals surface area (Å²) in [7, 11) is 3.14. The molecule has 24 heavy (non-hydrogen) atoms. The molecule has 8 heteroatoms. The molecule has 2 N–H and O–H groups in total. The number of nitrogens with one attached hydrogen (secondary N) is 2. The molecule has 1 heterocycles. The van der Waals surface area contributed by atoms with Crippen molar-refractivity contribution in [3.05, 3.63) is 33.4 Å². The fourth-order valence-corrected chi connectivity index (χ4v) is 3.31. The van der Waals surface area contributed by atoms with Gasteiger partial charge in [0, 0.05) is 17.3 Å². The van der Waals surface area contributed by atoms with Crippen molar-refractivity contribution in [2.24, 2.45) is 0 Å². The first-order chi connectivity index (χ1) is 11.4. The van der Waals surface area contributed by atoms with Gasteiger partial charge in [-0.3, -0.25) is 0 Å². The van der Waals surface area contributed by atoms with E-state index >= 15 is 0 Å². The fourth-order valence-electron chi connectivity index (χ4n) is 2.52. The minimum atomic E-state index is -0.491. The third-order valence-corrected chi connectivity index (χ3v) is 4.42. The zero-order chi connectivity index (χ0) is 17.9. The summed E-state index contributed by atoms with van der Waals surface area (Å²) < 4.78 is 16.7. The van der Waals surface area contributed by atoms with Crippen molar-refractivity contribution < 1.29 is 19.0 Å². The van der Waals surface area contributed by atoms with Crippen molar-refractivity contribution in [1.82, 2.24) is 10.6 Å². The molecule has 1 atom stereocenters. The Kier molecular flexibility index (Phi) is 6.06. The minimum absolute atomic E-state index is 0.288. The second kappa shape index (κ2) is 7.85. The molecule has 1 aliphatic heterocycles. The van der Waals surface area contributed by atoms with E-state index < -0.39 is 12.0 Å². The van der Waals surface area contributed by atoms with E-state index in [9.17, 15) is 4.79 Å². The lowest BCUT2D eigenvalue weighted by Gasteiger charge is -2.30. The van der Waals surface area contributed by atoms with Gasteiger partial charge in [0.15, 0.2) is 5.11 Å². The number of hydrogen-bond donors (Lipinski definition) is 2. The number of thiocarbonyl (C=S) groups is 1. The Balaban J connectivity index is 2.59. The number of methoxy groups -OCH3 is 2. The van der Waals surface area contributed by atoms with E-state index in [1.54, 1.807) is 34.1 Å². The van der Waals surface area contributed by atoms with Crippen LogP contribution >= 0.6 is 28.1 Å². The first-order valence-corrected chi connectivity index (χ1v) is 8.49. The Morgan fingerprint density at radius 1 is 1.29 bits per heavy atom. The molecule has 0 radical (unpaired) electrons. The zero-order valence-corrected chi connectivity index (χ0v) is 16.3. The summed E-state index contributed by atoms with van der Waals surface area (Å²) in [5.41, 5.74) is 1.86. The van der Waals surface area contributed by atoms with Crippen LogP contribution in [0.2, 0.25) is 0 Å². The molecule has 0 unspecified atom stereocenters. The fraction of sp³-hybridized carbons (Fsp3) is 0.375. The molecule has 0 amide bonds. The van der Waals surface area contributed by atoms with Gasteiger partial charge in [0.05, 0.1) is 36.9 Å². The molecule has 1 aromatic carbocycles. The number of esters is 1. The number of allylic oxidation sites excluding steroid dienone is 1. The highest BCUT2D eigenvalue weighted by atomic mass is 79.9. The van der Waals surface area contributed by atoms with Gasteiger partial charge in [-0.1, -0.05) is 0 Å². The van der Waals surface area contributed by atoms with Gasteiger partial charge in [-0.05, 0) is 48.1 Å². The number of rotatable bonds is 5. The summed E-state index contributed by atoms with van der Waals surface area (Å²) in [4.78, 5) is 12.4. The Morgan fingerprint density at radius 3 is 2.54 bits per heavy atom. The quantitative estimate of drug-likeness (QED) is 0.566. The van der Waals surface area contributed by atoms with Crippen molar-refractivity contribution >= 4 is 39.2 Å². The van der Waals surface area contributed by atoms with Crippen LogP contribution in [0.4, 0.5) is 0 Å². The minimum Gasteiger partial charge on any atom is -0.496 e. The maximum atomic E-state index is 12.4. The van der Waals surface area contributed by atoms with E-state index in [1.807, 2.05) is 6.07 Å². The molecule has 0 saturated heterocycles. The van der Waals surface area contributed by atoms with Crippen molar-refractivity contribution in [2.45, 2.75) is 19.9 Å². The van der Waals surface area contributed by atoms with Gasteiger partial charge < -0.3 is 24.8 Å². The molecule has 0 bridgehead atoms. The Hall–Kier alpha value is -1.80. The summed E-state index contributed by atoms with van der Waals surface area (Å²) in [5.74, 6) is 0.800. The number of carbonyl (C=O) groups is 1. The molecule has 130 valence electrons. The standard InChI is InChI=1S/C16H19BrN2O4S/c1-5-23-15(20)13-8(2)18-16(24)19-14(13)9-6-10(17)12(22-4)7-11(9)21-3/h6-7,14H,5H2,1-4H3,(H2,18,19,24)/t14-/m1/s1. The number of hydrogen-bond acceptors (Lipinski definition) is 5. The molecular weight excluding hydrogens is 396 g/mol. The molecule has 1 aromatic rings. The molecule has 6 nitrogen and oxygen atoms in total. The van der Waals surface area contributed by atoms with E-state index in [4.69, 9.17) is 26.4 Å². The van der Waals surface area contributed by atoms with Crippen molar-refractivity contribution in [2.75, 3.05) is 20.8 Å². The first-order valence-electron chi connectivity index (χ1n) is 7.29. The maximum Gasteiger partial charge on any atom is 0.338 e. The number of benzene rings is 1. The van der Waals surface area contributed by atoms with E-state index in [1.165, 1.54) is 0 Å². The third-order valence-electron chi connectivity index (χ3n) is 3.58. The van der Waals surface area contributed by atoms with Crippen LogP contribution in [0.25, 0.3) is 0 Å². The highest BCUT2D eigenvalue weighted by molar-refractivity contribution is 9.10. The molecular formula is C16H19BrN2O4S. The molecule has 0 aromatic heterocycles. The summed E-state index contributed by atoms with van der Waals surface area (Å²) in [5, 5.41) is 6.51. The molecule has 0 spiro atoms. The van der Waals surface area contributed by atoms with Gasteiger partial charge in [-0.25, -0.2) is 4.79 Å². The van der Waals surface area contributed by atoms with E-state index in [-0.39, 0.29) is 6.61 Å². The Bertz CT molecular complexity index is 706. The van der Waals surface area contributed by atoms with Gasteiger partial charge in [-0.2, -0.15) is 0 Å². The lowest BCUT2D eigenvalue weighted by Crippen LogP contribution is -2.45. The van der Waals surface area contributed by atoms with Crippen molar-refractivity contribution in [3.8, 4) is 11.5 Å². The first kappa shape index (κ1) is 18.5. The monoisotopic (exact) mass is 414 g/mol. The zero-order valence-electron chi connectivity index (χ0n) is 13.9. The topological polar surface area (TPSA) is 68.8 Å². The van der Waals surface area contributed by atoms with Gasteiger partial charge in [0.1, 0.15) is 11.5 Å². The average molecular weight is 415 g/mol. The predicted molar refractivity (Wildman–Crippen MR) is 98.2 cm³/mol. The van der Waals surface area contributed by atoms with E-state index in [0.717, 1.165) is 10.0 Å². The third kappa shape index (κ3) is 3.64. The van der Waals surface area contributed by atoms with Gasteiger partial charge in [0.25, 0.3) is 0 Å². The molecule has 0 aliphatic carbocycles. The molecule has 0 saturated carbocycles. The maximum absolute atomic E-state index is 12.4. The number of halogens is 1. The largest absolute Gasteiger partial charge is 0.496 e. The molecule has 0 fully saturated rings. The van der Waals surface area contributed by atoms with Crippen LogP contribution in [0.15, 0.2) is 27.9 Å².